The summed E-state index contributed by atoms with van der Waals surface area (Å²) in [6.07, 6.45) is 7.42. The van der Waals surface area contributed by atoms with Crippen LogP contribution < -0.4 is 4.90 Å². The minimum Gasteiger partial charge on any atom is -0.456 e. The summed E-state index contributed by atoms with van der Waals surface area (Å²) >= 11 is 0. The van der Waals surface area contributed by atoms with Crippen LogP contribution in [0.25, 0.3) is 83.6 Å². The maximum atomic E-state index is 6.25. The first-order valence-electron chi connectivity index (χ1n) is 19.1. The predicted octanol–water partition coefficient (Wildman–Crippen LogP) is 13.2. The van der Waals surface area contributed by atoms with E-state index in [1.807, 2.05) is 66.7 Å². The van der Waals surface area contributed by atoms with Gasteiger partial charge < -0.3 is 13.7 Å². The zero-order valence-corrected chi connectivity index (χ0v) is 35.3. The molecule has 3 aromatic heterocycles. The Morgan fingerprint density at radius 1 is 0.466 bits per heavy atom. The molecule has 0 saturated carbocycles. The third-order valence-corrected chi connectivity index (χ3v) is 10.7. The largest absolute Gasteiger partial charge is 2.00 e. The van der Waals surface area contributed by atoms with Crippen molar-refractivity contribution < 1.29 is 39.9 Å². The third kappa shape index (κ3) is 6.53. The summed E-state index contributed by atoms with van der Waals surface area (Å²) < 4.78 is 12.5. The third-order valence-electron chi connectivity index (χ3n) is 10.7. The minimum atomic E-state index is 0. The molecule has 0 atom stereocenters. The molecule has 11 rings (SSSR count). The SMILES string of the molecule is [C-]1=C(c2[c-]cc(-c3nc(-c4ccc5c(c4)oc4ccccc45)nc(-c4ccc5c(c4)oc4ccccc45)n3)cc2)CCC(N(c2ccccc2)c2ccccc2)=C1.[U+2]. The van der Waals surface area contributed by atoms with Gasteiger partial charge in [-0.15, -0.1) is 12.1 Å². The first kappa shape index (κ1) is 35.9. The number of rotatable bonds is 7. The summed E-state index contributed by atoms with van der Waals surface area (Å²) in [5.74, 6) is 1.65. The molecule has 10 aromatic rings. The van der Waals surface area contributed by atoms with Crippen molar-refractivity contribution in [1.29, 1.82) is 0 Å². The molecule has 0 fully saturated rings. The molecule has 0 aliphatic heterocycles. The average molecular weight is 971 g/mol. The molecule has 0 N–H and O–H groups in total. The number of hydrogen-bond acceptors (Lipinski definition) is 6. The fourth-order valence-electron chi connectivity index (χ4n) is 7.84. The second-order valence-electron chi connectivity index (χ2n) is 14.2. The molecule has 272 valence electrons. The van der Waals surface area contributed by atoms with Gasteiger partial charge in [-0.3, -0.25) is 0 Å². The van der Waals surface area contributed by atoms with Gasteiger partial charge in [0.1, 0.15) is 28.2 Å². The number of anilines is 2. The molecule has 7 heteroatoms. The minimum absolute atomic E-state index is 0. The molecule has 6 nitrogen and oxygen atoms in total. The fraction of sp³-hybridized carbons (Fsp3) is 0.0392. The number of benzene rings is 7. The molecule has 0 radical (unpaired) electrons. The van der Waals surface area contributed by atoms with Gasteiger partial charge in [0.05, 0.1) is 0 Å². The Morgan fingerprint density at radius 2 is 0.948 bits per heavy atom. The number of fused-ring (bicyclic) bond motifs is 6. The van der Waals surface area contributed by atoms with Gasteiger partial charge >= 0.3 is 31.1 Å². The molecular formula is C51H32N4O2U. The molecule has 58 heavy (non-hydrogen) atoms. The van der Waals surface area contributed by atoms with Gasteiger partial charge in [-0.2, -0.15) is 12.1 Å². The molecule has 0 spiro atoms. The van der Waals surface area contributed by atoms with Crippen molar-refractivity contribution in [3.63, 3.8) is 0 Å². The Labute approximate surface area is 358 Å². The van der Waals surface area contributed by atoms with Crippen molar-refractivity contribution in [2.45, 2.75) is 12.8 Å². The summed E-state index contributed by atoms with van der Waals surface area (Å²) in [5, 5.41) is 4.25. The fourth-order valence-corrected chi connectivity index (χ4v) is 7.84. The molecule has 0 amide bonds. The van der Waals surface area contributed by atoms with E-state index in [2.05, 4.69) is 120 Å². The standard InChI is InChI=1S/C51H32N4O2.U/c1-3-11-38(12-4-1)55(39-13-5-2-6-14-39)40-27-23-34(24-28-40)33-19-21-35(22-20-33)49-52-50(36-25-29-43-41-15-7-9-17-45(41)56-47(43)31-36)54-51(53-49)37-26-30-44-42-16-8-10-18-46(42)57-48(44)32-37;/h1-19,21-22,25-26,28-32H,23,27H2;/q-2;+2. The van der Waals surface area contributed by atoms with Crippen molar-refractivity contribution in [2.24, 2.45) is 0 Å². The number of allylic oxidation sites excluding steroid dienone is 4. The van der Waals surface area contributed by atoms with Gasteiger partial charge in [-0.1, -0.05) is 109 Å². The van der Waals surface area contributed by atoms with E-state index < -0.39 is 0 Å². The van der Waals surface area contributed by atoms with Crippen molar-refractivity contribution in [1.82, 2.24) is 15.0 Å². The van der Waals surface area contributed by atoms with E-state index in [0.717, 1.165) is 95.9 Å². The zero-order chi connectivity index (χ0) is 37.7. The second-order valence-corrected chi connectivity index (χ2v) is 14.2. The van der Waals surface area contributed by atoms with Crippen molar-refractivity contribution in [3.05, 3.63) is 193 Å². The maximum absolute atomic E-state index is 6.25. The van der Waals surface area contributed by atoms with Crippen molar-refractivity contribution in [3.8, 4) is 34.2 Å². The number of para-hydroxylation sites is 4. The summed E-state index contributed by atoms with van der Waals surface area (Å²) in [5.41, 5.74) is 11.3. The first-order valence-corrected chi connectivity index (χ1v) is 19.1. The maximum Gasteiger partial charge on any atom is 2.00 e. The Morgan fingerprint density at radius 3 is 1.45 bits per heavy atom. The van der Waals surface area contributed by atoms with E-state index in [9.17, 15) is 0 Å². The van der Waals surface area contributed by atoms with Crippen LogP contribution in [-0.4, -0.2) is 15.0 Å². The molecule has 7 aromatic carbocycles. The van der Waals surface area contributed by atoms with Crippen LogP contribution >= 0.6 is 0 Å². The monoisotopic (exact) mass is 970 g/mol. The number of aromatic nitrogens is 3. The topological polar surface area (TPSA) is 68.2 Å². The van der Waals surface area contributed by atoms with Crippen LogP contribution in [0.5, 0.6) is 0 Å². The van der Waals surface area contributed by atoms with E-state index in [4.69, 9.17) is 23.8 Å². The Hall–Kier alpha value is -6.52. The van der Waals surface area contributed by atoms with Crippen LogP contribution in [0.3, 0.4) is 0 Å². The van der Waals surface area contributed by atoms with Gasteiger partial charge in [-0.05, 0) is 60.7 Å². The normalized spacial score (nSPS) is 12.8. The Bertz CT molecular complexity index is 3010. The van der Waals surface area contributed by atoms with E-state index >= 15 is 0 Å². The smallest absolute Gasteiger partial charge is 0.456 e. The summed E-state index contributed by atoms with van der Waals surface area (Å²) in [6, 6.07) is 59.1. The molecule has 0 bridgehead atoms. The summed E-state index contributed by atoms with van der Waals surface area (Å²) in [4.78, 5) is 17.4. The molecular weight excluding hydrogens is 939 g/mol. The first-order chi connectivity index (χ1) is 28.2. The van der Waals surface area contributed by atoms with Crippen molar-refractivity contribution >= 4 is 60.8 Å². The Kier molecular flexibility index (Phi) is 9.34. The van der Waals surface area contributed by atoms with Crippen LogP contribution in [-0.2, 0) is 0 Å². The van der Waals surface area contributed by atoms with E-state index in [-0.39, 0.29) is 31.1 Å². The van der Waals surface area contributed by atoms with Gasteiger partial charge in [0, 0.05) is 44.0 Å². The van der Waals surface area contributed by atoms with Gasteiger partial charge in [0.25, 0.3) is 0 Å². The Balaban J connectivity index is 0.00000408. The van der Waals surface area contributed by atoms with Crippen LogP contribution in [0.15, 0.2) is 184 Å². The van der Waals surface area contributed by atoms with Crippen LogP contribution in [0.1, 0.15) is 18.4 Å². The van der Waals surface area contributed by atoms with E-state index in [0.29, 0.717) is 17.5 Å². The number of hydrogen-bond donors (Lipinski definition) is 0. The number of furan rings is 2. The van der Waals surface area contributed by atoms with E-state index in [1.54, 1.807) is 0 Å². The van der Waals surface area contributed by atoms with Crippen molar-refractivity contribution in [2.75, 3.05) is 4.90 Å². The van der Waals surface area contributed by atoms with Gasteiger partial charge in [-0.25, -0.2) is 38.2 Å². The van der Waals surface area contributed by atoms with Gasteiger partial charge in [0.15, 0.2) is 11.6 Å². The molecule has 0 saturated heterocycles. The van der Waals surface area contributed by atoms with E-state index in [1.165, 1.54) is 5.70 Å². The molecule has 1 aliphatic carbocycles. The number of nitrogens with zero attached hydrogens (tertiary/aromatic N) is 4. The molecule has 1 aliphatic rings. The van der Waals surface area contributed by atoms with Crippen LogP contribution in [0.2, 0.25) is 0 Å². The zero-order valence-electron chi connectivity index (χ0n) is 31.2. The summed E-state index contributed by atoms with van der Waals surface area (Å²) in [7, 11) is 0. The molecule has 3 heterocycles. The quantitative estimate of drug-likeness (QED) is 0.148. The van der Waals surface area contributed by atoms with Gasteiger partial charge in [0.2, 0.25) is 0 Å². The summed E-state index contributed by atoms with van der Waals surface area (Å²) in [6.45, 7) is 0. The van der Waals surface area contributed by atoms with Crippen LogP contribution in [0, 0.1) is 43.3 Å². The molecule has 0 unspecified atom stereocenters. The average Bonchev–Trinajstić information content (AvgIpc) is 3.85. The van der Waals surface area contributed by atoms with Crippen LogP contribution in [0.4, 0.5) is 11.4 Å². The second kappa shape index (κ2) is 15.1. The predicted molar refractivity (Wildman–Crippen MR) is 229 cm³/mol.